The molecule has 0 N–H and O–H groups in total. The van der Waals surface area contributed by atoms with Crippen molar-refractivity contribution in [3.63, 3.8) is 0 Å². The summed E-state index contributed by atoms with van der Waals surface area (Å²) in [5.74, 6) is -0.638. The maximum absolute atomic E-state index is 11.4. The van der Waals surface area contributed by atoms with Crippen LogP contribution in [-0.2, 0) is 19.1 Å². The Bertz CT molecular complexity index is 217. The highest BCUT2D eigenvalue weighted by atomic mass is 16.5. The van der Waals surface area contributed by atoms with Gasteiger partial charge in [-0.3, -0.25) is 9.59 Å². The lowest BCUT2D eigenvalue weighted by Gasteiger charge is -2.20. The molecule has 88 valence electrons. The minimum atomic E-state index is -0.304. The van der Waals surface area contributed by atoms with Crippen molar-refractivity contribution in [2.45, 2.75) is 13.3 Å². The van der Waals surface area contributed by atoms with E-state index >= 15 is 0 Å². The van der Waals surface area contributed by atoms with Crippen molar-refractivity contribution in [3.05, 3.63) is 0 Å². The Labute approximate surface area is 90.3 Å². The number of nitrogens with zero attached hydrogens (tertiary/aromatic N) is 1. The first kappa shape index (κ1) is 13.9. The Kier molecular flexibility index (Phi) is 6.70. The van der Waals surface area contributed by atoms with Crippen molar-refractivity contribution in [1.29, 1.82) is 0 Å². The van der Waals surface area contributed by atoms with Crippen LogP contribution in [0.5, 0.6) is 0 Å². The lowest BCUT2D eigenvalue weighted by molar-refractivity contribution is -0.146. The van der Waals surface area contributed by atoms with Gasteiger partial charge in [-0.2, -0.15) is 0 Å². The van der Waals surface area contributed by atoms with Crippen LogP contribution in [0.4, 0.5) is 0 Å². The molecule has 0 spiro atoms. The molecule has 0 fully saturated rings. The minimum Gasteiger partial charge on any atom is -0.469 e. The molecule has 1 atom stereocenters. The average molecular weight is 217 g/mol. The van der Waals surface area contributed by atoms with E-state index in [1.807, 2.05) is 0 Å². The summed E-state index contributed by atoms with van der Waals surface area (Å²) >= 11 is 0. The van der Waals surface area contributed by atoms with Gasteiger partial charge in [0.15, 0.2) is 0 Å². The summed E-state index contributed by atoms with van der Waals surface area (Å²) < 4.78 is 9.37. The molecular weight excluding hydrogens is 198 g/mol. The van der Waals surface area contributed by atoms with Crippen LogP contribution in [-0.4, -0.2) is 51.2 Å². The van der Waals surface area contributed by atoms with Gasteiger partial charge in [0, 0.05) is 20.7 Å². The predicted octanol–water partition coefficient (Wildman–Crippen LogP) is 0.290. The zero-order valence-electron chi connectivity index (χ0n) is 9.78. The number of ether oxygens (including phenoxy) is 2. The van der Waals surface area contributed by atoms with Crippen molar-refractivity contribution in [2.24, 2.45) is 5.92 Å². The van der Waals surface area contributed by atoms with E-state index in [0.29, 0.717) is 19.6 Å². The number of carbonyl (C=O) groups excluding carboxylic acids is 2. The first-order valence-corrected chi connectivity index (χ1v) is 4.83. The predicted molar refractivity (Wildman–Crippen MR) is 55.3 cm³/mol. The summed E-state index contributed by atoms with van der Waals surface area (Å²) in [5, 5.41) is 0. The Hall–Kier alpha value is -1.10. The van der Waals surface area contributed by atoms with Crippen LogP contribution in [0.3, 0.4) is 0 Å². The molecule has 15 heavy (non-hydrogen) atoms. The third kappa shape index (κ3) is 5.37. The number of rotatable bonds is 6. The largest absolute Gasteiger partial charge is 0.469 e. The van der Waals surface area contributed by atoms with Crippen molar-refractivity contribution >= 4 is 11.9 Å². The zero-order chi connectivity index (χ0) is 11.8. The van der Waals surface area contributed by atoms with Gasteiger partial charge in [0.05, 0.1) is 26.1 Å². The molecule has 0 aromatic heterocycles. The molecule has 0 bridgehead atoms. The highest BCUT2D eigenvalue weighted by Crippen LogP contribution is 2.02. The summed E-state index contributed by atoms with van der Waals surface area (Å²) in [6.45, 7) is 2.50. The standard InChI is InChI=1S/C10H19NO4/c1-8(10(13)15-4)7-11(2)9(12)5-6-14-3/h8H,5-7H2,1-4H3. The molecule has 5 heteroatoms. The second-order valence-corrected chi connectivity index (χ2v) is 3.44. The zero-order valence-corrected chi connectivity index (χ0v) is 9.78. The van der Waals surface area contributed by atoms with E-state index in [0.717, 1.165) is 0 Å². The lowest BCUT2D eigenvalue weighted by atomic mass is 10.1. The molecule has 0 aliphatic heterocycles. The molecule has 0 aromatic carbocycles. The molecule has 0 saturated heterocycles. The molecule has 1 unspecified atom stereocenters. The number of esters is 1. The Morgan fingerprint density at radius 1 is 1.33 bits per heavy atom. The van der Waals surface area contributed by atoms with E-state index in [4.69, 9.17) is 4.74 Å². The molecule has 1 amide bonds. The van der Waals surface area contributed by atoms with Gasteiger partial charge >= 0.3 is 5.97 Å². The molecular formula is C10H19NO4. The minimum absolute atomic E-state index is 0.0346. The van der Waals surface area contributed by atoms with E-state index in [9.17, 15) is 9.59 Å². The topological polar surface area (TPSA) is 55.8 Å². The number of carbonyl (C=O) groups is 2. The number of amides is 1. The molecule has 0 aliphatic rings. The van der Waals surface area contributed by atoms with Crippen LogP contribution in [0, 0.1) is 5.92 Å². The summed E-state index contributed by atoms with van der Waals surface area (Å²) in [7, 11) is 4.55. The lowest BCUT2D eigenvalue weighted by Crippen LogP contribution is -2.34. The van der Waals surface area contributed by atoms with Crippen molar-refractivity contribution in [3.8, 4) is 0 Å². The monoisotopic (exact) mass is 217 g/mol. The Morgan fingerprint density at radius 3 is 2.40 bits per heavy atom. The molecule has 0 radical (unpaired) electrons. The number of hydrogen-bond donors (Lipinski definition) is 0. The van der Waals surface area contributed by atoms with Gasteiger partial charge in [-0.1, -0.05) is 6.92 Å². The summed E-state index contributed by atoms with van der Waals surface area (Å²) in [5.41, 5.74) is 0. The second kappa shape index (κ2) is 7.23. The first-order valence-electron chi connectivity index (χ1n) is 4.83. The van der Waals surface area contributed by atoms with E-state index in [1.54, 1.807) is 21.1 Å². The van der Waals surface area contributed by atoms with E-state index < -0.39 is 0 Å². The van der Waals surface area contributed by atoms with Crippen LogP contribution in [0.2, 0.25) is 0 Å². The van der Waals surface area contributed by atoms with Crippen molar-refractivity contribution in [2.75, 3.05) is 34.4 Å². The number of hydrogen-bond acceptors (Lipinski definition) is 4. The van der Waals surface area contributed by atoms with Gasteiger partial charge in [-0.25, -0.2) is 0 Å². The Morgan fingerprint density at radius 2 is 1.93 bits per heavy atom. The van der Waals surface area contributed by atoms with Crippen LogP contribution in [0.25, 0.3) is 0 Å². The maximum Gasteiger partial charge on any atom is 0.310 e. The molecule has 0 aromatic rings. The quantitative estimate of drug-likeness (QED) is 0.600. The number of methoxy groups -OCH3 is 2. The molecule has 0 aliphatic carbocycles. The van der Waals surface area contributed by atoms with Crippen molar-refractivity contribution in [1.82, 2.24) is 4.90 Å². The molecule has 0 saturated carbocycles. The summed E-state index contributed by atoms with van der Waals surface area (Å²) in [6.07, 6.45) is 0.334. The van der Waals surface area contributed by atoms with Crippen LogP contribution in [0.1, 0.15) is 13.3 Å². The molecule has 5 nitrogen and oxygen atoms in total. The van der Waals surface area contributed by atoms with E-state index in [-0.39, 0.29) is 17.8 Å². The average Bonchev–Trinajstić information content (AvgIpc) is 2.24. The first-order chi connectivity index (χ1) is 7.02. The highest BCUT2D eigenvalue weighted by Gasteiger charge is 2.18. The summed E-state index contributed by atoms with van der Waals surface area (Å²) in [4.78, 5) is 24.1. The fraction of sp³-hybridized carbons (Fsp3) is 0.800. The van der Waals surface area contributed by atoms with Crippen molar-refractivity contribution < 1.29 is 19.1 Å². The van der Waals surface area contributed by atoms with Crippen LogP contribution < -0.4 is 0 Å². The van der Waals surface area contributed by atoms with Gasteiger partial charge < -0.3 is 14.4 Å². The maximum atomic E-state index is 11.4. The van der Waals surface area contributed by atoms with Crippen LogP contribution in [0.15, 0.2) is 0 Å². The van der Waals surface area contributed by atoms with Gasteiger partial charge in [0.1, 0.15) is 0 Å². The third-order valence-electron chi connectivity index (χ3n) is 2.10. The summed E-state index contributed by atoms with van der Waals surface area (Å²) in [6, 6.07) is 0. The van der Waals surface area contributed by atoms with Gasteiger partial charge in [-0.15, -0.1) is 0 Å². The van der Waals surface area contributed by atoms with Crippen LogP contribution >= 0.6 is 0 Å². The smallest absolute Gasteiger partial charge is 0.310 e. The van der Waals surface area contributed by atoms with Gasteiger partial charge in [-0.05, 0) is 0 Å². The normalized spacial score (nSPS) is 12.0. The van der Waals surface area contributed by atoms with Gasteiger partial charge in [0.2, 0.25) is 5.91 Å². The molecule has 0 rings (SSSR count). The third-order valence-corrected chi connectivity index (χ3v) is 2.10. The van der Waals surface area contributed by atoms with E-state index in [2.05, 4.69) is 4.74 Å². The Balaban J connectivity index is 3.95. The SMILES string of the molecule is COCCC(=O)N(C)CC(C)C(=O)OC. The van der Waals surface area contributed by atoms with E-state index in [1.165, 1.54) is 12.0 Å². The fourth-order valence-electron chi connectivity index (χ4n) is 1.17. The molecule has 0 heterocycles. The second-order valence-electron chi connectivity index (χ2n) is 3.44. The fourth-order valence-corrected chi connectivity index (χ4v) is 1.17. The highest BCUT2D eigenvalue weighted by molar-refractivity contribution is 5.77. The van der Waals surface area contributed by atoms with Gasteiger partial charge in [0.25, 0.3) is 0 Å².